The topological polar surface area (TPSA) is 66.6 Å². The van der Waals surface area contributed by atoms with Crippen molar-refractivity contribution in [1.82, 2.24) is 8.61 Å². The Kier molecular flexibility index (Phi) is 6.55. The number of hydrogen-bond acceptors (Lipinski definition) is 3. The Labute approximate surface area is 112 Å². The minimum atomic E-state index is -3.31. The summed E-state index contributed by atoms with van der Waals surface area (Å²) in [6.45, 7) is 3.76. The van der Waals surface area contributed by atoms with Gasteiger partial charge in [0, 0.05) is 26.2 Å². The van der Waals surface area contributed by atoms with E-state index in [1.807, 2.05) is 0 Å². The highest BCUT2D eigenvalue weighted by molar-refractivity contribution is 7.86. The van der Waals surface area contributed by atoms with E-state index in [0.29, 0.717) is 26.1 Å². The highest BCUT2D eigenvalue weighted by atomic mass is 32.2. The maximum Gasteiger partial charge on any atom is 0.281 e. The molecule has 5 nitrogen and oxygen atoms in total. The van der Waals surface area contributed by atoms with E-state index < -0.39 is 10.2 Å². The van der Waals surface area contributed by atoms with Crippen LogP contribution in [0.4, 0.5) is 0 Å². The first-order chi connectivity index (χ1) is 8.54. The van der Waals surface area contributed by atoms with Crippen LogP contribution in [0.5, 0.6) is 0 Å². The van der Waals surface area contributed by atoms with E-state index in [1.165, 1.54) is 4.31 Å². The van der Waals surface area contributed by atoms with Crippen LogP contribution >= 0.6 is 0 Å². The molecule has 1 fully saturated rings. The molecule has 1 saturated heterocycles. The molecule has 1 heterocycles. The van der Waals surface area contributed by atoms with Crippen LogP contribution in [0, 0.1) is 0 Å². The molecule has 0 aromatic carbocycles. The molecule has 0 spiro atoms. The fourth-order valence-electron chi connectivity index (χ4n) is 2.47. The molecule has 0 aromatic rings. The molecule has 1 rings (SSSR count). The third-order valence-corrected chi connectivity index (χ3v) is 5.71. The van der Waals surface area contributed by atoms with Crippen molar-refractivity contribution in [3.05, 3.63) is 0 Å². The average molecular weight is 277 g/mol. The van der Waals surface area contributed by atoms with Crippen LogP contribution < -0.4 is 5.73 Å². The van der Waals surface area contributed by atoms with Gasteiger partial charge in [0.1, 0.15) is 0 Å². The number of hydrogen-bond donors (Lipinski definition) is 1. The zero-order valence-corrected chi connectivity index (χ0v) is 12.5. The van der Waals surface area contributed by atoms with Gasteiger partial charge in [-0.3, -0.25) is 0 Å². The summed E-state index contributed by atoms with van der Waals surface area (Å²) in [5.74, 6) is 0. The molecule has 0 aliphatic carbocycles. The molecule has 0 saturated carbocycles. The Morgan fingerprint density at radius 2 is 2.06 bits per heavy atom. The van der Waals surface area contributed by atoms with Gasteiger partial charge in [-0.15, -0.1) is 0 Å². The molecule has 0 bridgehead atoms. The first-order valence-electron chi connectivity index (χ1n) is 6.97. The van der Waals surface area contributed by atoms with Crippen molar-refractivity contribution in [2.24, 2.45) is 5.73 Å². The van der Waals surface area contributed by atoms with E-state index in [4.69, 9.17) is 5.73 Å². The minimum Gasteiger partial charge on any atom is -0.330 e. The molecule has 18 heavy (non-hydrogen) atoms. The van der Waals surface area contributed by atoms with Crippen molar-refractivity contribution in [3.63, 3.8) is 0 Å². The van der Waals surface area contributed by atoms with Gasteiger partial charge >= 0.3 is 0 Å². The predicted molar refractivity (Wildman–Crippen MR) is 74.5 cm³/mol. The van der Waals surface area contributed by atoms with E-state index in [-0.39, 0.29) is 6.04 Å². The maximum atomic E-state index is 12.5. The summed E-state index contributed by atoms with van der Waals surface area (Å²) in [6.07, 6.45) is 5.83. The van der Waals surface area contributed by atoms with Crippen LogP contribution in [0.25, 0.3) is 0 Å². The monoisotopic (exact) mass is 277 g/mol. The van der Waals surface area contributed by atoms with Crippen LogP contribution in [-0.2, 0) is 10.2 Å². The van der Waals surface area contributed by atoms with E-state index in [1.54, 1.807) is 11.4 Å². The molecule has 0 aromatic heterocycles. The Hall–Kier alpha value is -0.170. The fraction of sp³-hybridized carbons (Fsp3) is 1.00. The Balaban J connectivity index is 2.79. The first-order valence-corrected chi connectivity index (χ1v) is 8.37. The Bertz CT molecular complexity index is 332. The lowest BCUT2D eigenvalue weighted by molar-refractivity contribution is 0.288. The minimum absolute atomic E-state index is 0.165. The van der Waals surface area contributed by atoms with Crippen molar-refractivity contribution in [2.45, 2.75) is 51.5 Å². The molecule has 6 heteroatoms. The summed E-state index contributed by atoms with van der Waals surface area (Å²) >= 11 is 0. The molecular weight excluding hydrogens is 250 g/mol. The lowest BCUT2D eigenvalue weighted by atomic mass is 10.1. The van der Waals surface area contributed by atoms with Gasteiger partial charge in [-0.2, -0.15) is 17.0 Å². The highest BCUT2D eigenvalue weighted by Crippen LogP contribution is 2.23. The molecular formula is C12H27N3O2S. The summed E-state index contributed by atoms with van der Waals surface area (Å²) in [4.78, 5) is 0. The Morgan fingerprint density at radius 1 is 1.33 bits per heavy atom. The predicted octanol–water partition coefficient (Wildman–Crippen LogP) is 1.17. The second-order valence-electron chi connectivity index (χ2n) is 4.99. The normalized spacial score (nSPS) is 23.2. The molecule has 1 unspecified atom stereocenters. The summed E-state index contributed by atoms with van der Waals surface area (Å²) < 4.78 is 28.2. The Morgan fingerprint density at radius 3 is 2.67 bits per heavy atom. The summed E-state index contributed by atoms with van der Waals surface area (Å²) in [6, 6.07) is 0.165. The number of nitrogens with two attached hydrogens (primary N) is 1. The quantitative estimate of drug-likeness (QED) is 0.792. The lowest BCUT2D eigenvalue weighted by Gasteiger charge is -2.32. The second-order valence-corrected chi connectivity index (χ2v) is 6.98. The zero-order valence-electron chi connectivity index (χ0n) is 11.6. The van der Waals surface area contributed by atoms with Gasteiger partial charge in [0.25, 0.3) is 10.2 Å². The van der Waals surface area contributed by atoms with Crippen LogP contribution in [-0.4, -0.2) is 49.8 Å². The zero-order chi connectivity index (χ0) is 13.6. The van der Waals surface area contributed by atoms with Crippen molar-refractivity contribution in [1.29, 1.82) is 0 Å². The molecule has 1 aliphatic heterocycles. The average Bonchev–Trinajstić information content (AvgIpc) is 2.60. The molecule has 108 valence electrons. The molecule has 1 atom stereocenters. The van der Waals surface area contributed by atoms with Crippen molar-refractivity contribution >= 4 is 10.2 Å². The fourth-order valence-corrected chi connectivity index (χ4v) is 4.18. The third-order valence-electron chi connectivity index (χ3n) is 3.66. The van der Waals surface area contributed by atoms with Crippen LogP contribution in [0.1, 0.15) is 45.4 Å². The van der Waals surface area contributed by atoms with Crippen LogP contribution in [0.3, 0.4) is 0 Å². The standard InChI is InChI=1S/C12H27N3O2S/c1-3-12-8-5-4-6-11-15(12)18(16,17)14(2)10-7-9-13/h12H,3-11,13H2,1-2H3. The second kappa shape index (κ2) is 7.43. The van der Waals surface area contributed by atoms with Crippen molar-refractivity contribution in [2.75, 3.05) is 26.7 Å². The summed E-state index contributed by atoms with van der Waals surface area (Å²) in [7, 11) is -1.65. The summed E-state index contributed by atoms with van der Waals surface area (Å²) in [5, 5.41) is 0. The highest BCUT2D eigenvalue weighted by Gasteiger charge is 2.32. The van der Waals surface area contributed by atoms with Crippen LogP contribution in [0.15, 0.2) is 0 Å². The van der Waals surface area contributed by atoms with Gasteiger partial charge in [-0.25, -0.2) is 0 Å². The molecule has 0 radical (unpaired) electrons. The molecule has 1 aliphatic rings. The van der Waals surface area contributed by atoms with E-state index in [0.717, 1.165) is 32.1 Å². The first kappa shape index (κ1) is 15.9. The number of nitrogens with zero attached hydrogens (tertiary/aromatic N) is 2. The molecule has 2 N–H and O–H groups in total. The third kappa shape index (κ3) is 3.91. The van der Waals surface area contributed by atoms with Gasteiger partial charge in [-0.1, -0.05) is 19.8 Å². The van der Waals surface area contributed by atoms with Crippen LogP contribution in [0.2, 0.25) is 0 Å². The summed E-state index contributed by atoms with van der Waals surface area (Å²) in [5.41, 5.74) is 5.44. The molecule has 0 amide bonds. The number of rotatable bonds is 6. The van der Waals surface area contributed by atoms with E-state index >= 15 is 0 Å². The van der Waals surface area contributed by atoms with Gasteiger partial charge < -0.3 is 5.73 Å². The largest absolute Gasteiger partial charge is 0.330 e. The van der Waals surface area contributed by atoms with E-state index in [2.05, 4.69) is 6.92 Å². The smallest absolute Gasteiger partial charge is 0.281 e. The maximum absolute atomic E-state index is 12.5. The van der Waals surface area contributed by atoms with Gasteiger partial charge in [0.2, 0.25) is 0 Å². The lowest BCUT2D eigenvalue weighted by Crippen LogP contribution is -2.47. The van der Waals surface area contributed by atoms with Crippen molar-refractivity contribution < 1.29 is 8.42 Å². The van der Waals surface area contributed by atoms with Gasteiger partial charge in [0.05, 0.1) is 0 Å². The van der Waals surface area contributed by atoms with Crippen molar-refractivity contribution in [3.8, 4) is 0 Å². The SMILES string of the molecule is CCC1CCCCCN1S(=O)(=O)N(C)CCCN. The van der Waals surface area contributed by atoms with Gasteiger partial charge in [-0.05, 0) is 32.2 Å². The van der Waals surface area contributed by atoms with E-state index in [9.17, 15) is 8.42 Å². The van der Waals surface area contributed by atoms with Gasteiger partial charge in [0.15, 0.2) is 0 Å².